The number of carbonyl (C=O) groups excluding carboxylic acids is 1. The minimum Gasteiger partial charge on any atom is -0.394 e. The molecule has 14 heteroatoms. The molecule has 2 saturated heterocycles. The van der Waals surface area contributed by atoms with Crippen LogP contribution < -0.4 is 5.32 Å². The first-order chi connectivity index (χ1) is 31.1. The molecule has 0 radical (unpaired) electrons. The van der Waals surface area contributed by atoms with Gasteiger partial charge in [0, 0.05) is 6.42 Å². The quantitative estimate of drug-likeness (QED) is 0.0236. The SMILES string of the molecule is CCCCCCCCCCCCCCCCCCCCCC/C=C/CC/C=C/C(O)C(COC1OC(CO)C(OC2OC(CO)C(O)C(O)C2O)C(O)C1O)NC(=O)CCCCCC. The van der Waals surface area contributed by atoms with E-state index in [1.807, 2.05) is 6.08 Å². The molecule has 0 aromatic heterocycles. The van der Waals surface area contributed by atoms with Crippen molar-refractivity contribution in [3.63, 3.8) is 0 Å². The zero-order chi connectivity index (χ0) is 46.8. The van der Waals surface area contributed by atoms with Gasteiger partial charge in [0.05, 0.1) is 32.0 Å². The highest BCUT2D eigenvalue weighted by molar-refractivity contribution is 5.76. The highest BCUT2D eigenvalue weighted by Crippen LogP contribution is 2.30. The van der Waals surface area contributed by atoms with E-state index in [9.17, 15) is 45.6 Å². The number of aliphatic hydroxyl groups is 8. The van der Waals surface area contributed by atoms with Gasteiger partial charge in [0.1, 0.15) is 48.8 Å². The van der Waals surface area contributed by atoms with Gasteiger partial charge in [-0.2, -0.15) is 0 Å². The van der Waals surface area contributed by atoms with Gasteiger partial charge in [-0.15, -0.1) is 0 Å². The maximum Gasteiger partial charge on any atom is 0.220 e. The van der Waals surface area contributed by atoms with Crippen LogP contribution in [0.5, 0.6) is 0 Å². The molecular weight excluding hydrogens is 823 g/mol. The van der Waals surface area contributed by atoms with Gasteiger partial charge in [-0.3, -0.25) is 4.79 Å². The van der Waals surface area contributed by atoms with Crippen molar-refractivity contribution in [2.24, 2.45) is 0 Å². The topological polar surface area (TPSA) is 228 Å². The summed E-state index contributed by atoms with van der Waals surface area (Å²) in [5.41, 5.74) is 0. The molecule has 12 atom stereocenters. The van der Waals surface area contributed by atoms with Crippen LogP contribution in [-0.4, -0.2) is 140 Å². The summed E-state index contributed by atoms with van der Waals surface area (Å²) in [6, 6.07) is -0.923. The summed E-state index contributed by atoms with van der Waals surface area (Å²) >= 11 is 0. The van der Waals surface area contributed by atoms with Crippen molar-refractivity contribution in [1.82, 2.24) is 5.32 Å². The van der Waals surface area contributed by atoms with E-state index in [1.54, 1.807) is 6.08 Å². The number of aliphatic hydroxyl groups excluding tert-OH is 8. The van der Waals surface area contributed by atoms with Crippen molar-refractivity contribution < 1.29 is 64.6 Å². The molecule has 2 rings (SSSR count). The van der Waals surface area contributed by atoms with Crippen molar-refractivity contribution >= 4 is 5.91 Å². The summed E-state index contributed by atoms with van der Waals surface area (Å²) < 4.78 is 22.5. The Balaban J connectivity index is 1.68. The van der Waals surface area contributed by atoms with Crippen molar-refractivity contribution in [3.8, 4) is 0 Å². The first-order valence-electron chi connectivity index (χ1n) is 25.6. The third-order valence-corrected chi connectivity index (χ3v) is 12.6. The van der Waals surface area contributed by atoms with Gasteiger partial charge in [0.2, 0.25) is 5.91 Å². The number of carbonyl (C=O) groups is 1. The van der Waals surface area contributed by atoms with Crippen LogP contribution in [0.25, 0.3) is 0 Å². The third kappa shape index (κ3) is 24.5. The monoisotopic (exact) mass is 916 g/mol. The second-order valence-electron chi connectivity index (χ2n) is 18.3. The average molecular weight is 916 g/mol. The number of rotatable bonds is 39. The summed E-state index contributed by atoms with van der Waals surface area (Å²) in [4.78, 5) is 12.9. The van der Waals surface area contributed by atoms with E-state index in [0.29, 0.717) is 12.8 Å². The number of hydrogen-bond acceptors (Lipinski definition) is 13. The predicted octanol–water partition coefficient (Wildman–Crippen LogP) is 6.55. The van der Waals surface area contributed by atoms with E-state index in [4.69, 9.17) is 18.9 Å². The molecule has 1 amide bonds. The molecule has 12 unspecified atom stereocenters. The molecule has 0 bridgehead atoms. The Morgan fingerprint density at radius 1 is 0.547 bits per heavy atom. The van der Waals surface area contributed by atoms with E-state index in [-0.39, 0.29) is 18.9 Å². The molecule has 0 saturated carbocycles. The lowest BCUT2D eigenvalue weighted by Crippen LogP contribution is -2.65. The Hall–Kier alpha value is -1.53. The zero-order valence-electron chi connectivity index (χ0n) is 39.8. The number of ether oxygens (including phenoxy) is 4. The van der Waals surface area contributed by atoms with Crippen LogP contribution in [0.15, 0.2) is 24.3 Å². The molecule has 376 valence electrons. The molecule has 2 aliphatic heterocycles. The summed E-state index contributed by atoms with van der Waals surface area (Å²) in [7, 11) is 0. The number of allylic oxidation sites excluding steroid dienone is 3. The Kier molecular flexibility index (Phi) is 34.3. The van der Waals surface area contributed by atoms with Crippen LogP contribution in [0.2, 0.25) is 0 Å². The summed E-state index contributed by atoms with van der Waals surface area (Å²) in [5, 5.41) is 86.1. The lowest BCUT2D eigenvalue weighted by Gasteiger charge is -2.46. The minimum absolute atomic E-state index is 0.266. The van der Waals surface area contributed by atoms with Crippen LogP contribution in [-0.2, 0) is 23.7 Å². The highest BCUT2D eigenvalue weighted by Gasteiger charge is 2.51. The Bertz CT molecular complexity index is 1170. The first-order valence-corrected chi connectivity index (χ1v) is 25.6. The van der Waals surface area contributed by atoms with Crippen LogP contribution in [0, 0.1) is 0 Å². The predicted molar refractivity (Wildman–Crippen MR) is 249 cm³/mol. The molecule has 0 aromatic carbocycles. The number of hydrogen-bond donors (Lipinski definition) is 9. The molecule has 64 heavy (non-hydrogen) atoms. The molecule has 0 aliphatic carbocycles. The van der Waals surface area contributed by atoms with Crippen LogP contribution >= 0.6 is 0 Å². The number of unbranched alkanes of at least 4 members (excludes halogenated alkanes) is 24. The smallest absolute Gasteiger partial charge is 0.220 e. The standard InChI is InChI=1S/C50H93NO13/c1-3-5-7-9-10-11-12-13-14-15-16-17-18-19-20-21-22-23-24-25-26-27-28-29-30-31-33-39(54)38(51-42(55)34-32-8-6-4-2)37-61-49-47(60)45(58)48(41(36-53)63-49)64-50-46(59)44(57)43(56)40(35-52)62-50/h27-28,31,33,38-41,43-50,52-54,56-60H,3-26,29-30,32,34-37H2,1-2H3,(H,51,55)/b28-27+,33-31+. The number of amides is 1. The Labute approximate surface area is 386 Å². The zero-order valence-corrected chi connectivity index (χ0v) is 39.8. The van der Waals surface area contributed by atoms with Gasteiger partial charge in [0.25, 0.3) is 0 Å². The van der Waals surface area contributed by atoms with E-state index >= 15 is 0 Å². The normalized spacial score (nSPS) is 27.4. The molecule has 2 fully saturated rings. The van der Waals surface area contributed by atoms with Gasteiger partial charge < -0.3 is 65.1 Å². The Morgan fingerprint density at radius 3 is 1.53 bits per heavy atom. The molecule has 9 N–H and O–H groups in total. The van der Waals surface area contributed by atoms with Crippen molar-refractivity contribution in [2.45, 2.75) is 267 Å². The third-order valence-electron chi connectivity index (χ3n) is 12.6. The fourth-order valence-corrected chi connectivity index (χ4v) is 8.42. The molecule has 14 nitrogen and oxygen atoms in total. The first kappa shape index (κ1) is 58.6. The van der Waals surface area contributed by atoms with Crippen LogP contribution in [0.3, 0.4) is 0 Å². The largest absolute Gasteiger partial charge is 0.394 e. The second kappa shape index (κ2) is 37.5. The van der Waals surface area contributed by atoms with Crippen molar-refractivity contribution in [2.75, 3.05) is 19.8 Å². The van der Waals surface area contributed by atoms with Gasteiger partial charge in [-0.05, 0) is 32.1 Å². The van der Waals surface area contributed by atoms with Gasteiger partial charge in [-0.25, -0.2) is 0 Å². The van der Waals surface area contributed by atoms with E-state index < -0.39 is 86.8 Å². The fraction of sp³-hybridized carbons (Fsp3) is 0.900. The van der Waals surface area contributed by atoms with Crippen molar-refractivity contribution in [3.05, 3.63) is 24.3 Å². The summed E-state index contributed by atoms with van der Waals surface area (Å²) in [5.74, 6) is -0.267. The molecule has 2 aliphatic rings. The maximum absolute atomic E-state index is 12.9. The molecule has 0 spiro atoms. The van der Waals surface area contributed by atoms with E-state index in [1.165, 1.54) is 128 Å². The van der Waals surface area contributed by atoms with E-state index in [0.717, 1.165) is 32.1 Å². The van der Waals surface area contributed by atoms with Gasteiger partial charge in [-0.1, -0.05) is 179 Å². The molecular formula is C50H93NO13. The number of nitrogens with one attached hydrogen (secondary N) is 1. The van der Waals surface area contributed by atoms with E-state index in [2.05, 4.69) is 31.3 Å². The second-order valence-corrected chi connectivity index (χ2v) is 18.3. The van der Waals surface area contributed by atoms with Crippen LogP contribution in [0.1, 0.15) is 194 Å². The van der Waals surface area contributed by atoms with Gasteiger partial charge in [0.15, 0.2) is 12.6 Å². The summed E-state index contributed by atoms with van der Waals surface area (Å²) in [6.07, 6.45) is 24.7. The molecule has 2 heterocycles. The van der Waals surface area contributed by atoms with Crippen molar-refractivity contribution in [1.29, 1.82) is 0 Å². The van der Waals surface area contributed by atoms with Gasteiger partial charge >= 0.3 is 0 Å². The minimum atomic E-state index is -1.79. The maximum atomic E-state index is 12.9. The molecule has 0 aromatic rings. The Morgan fingerprint density at radius 2 is 1.00 bits per heavy atom. The highest BCUT2D eigenvalue weighted by atomic mass is 16.7. The van der Waals surface area contributed by atoms with Crippen LogP contribution in [0.4, 0.5) is 0 Å². The summed E-state index contributed by atoms with van der Waals surface area (Å²) in [6.45, 7) is 2.63. The lowest BCUT2D eigenvalue weighted by molar-refractivity contribution is -0.359. The lowest BCUT2D eigenvalue weighted by atomic mass is 9.97. The average Bonchev–Trinajstić information content (AvgIpc) is 3.29. The fourth-order valence-electron chi connectivity index (χ4n) is 8.42.